The Labute approximate surface area is 119 Å². The van der Waals surface area contributed by atoms with E-state index in [1.165, 1.54) is 17.8 Å². The number of nitrogens with one attached hydrogen (secondary N) is 1. The summed E-state index contributed by atoms with van der Waals surface area (Å²) in [5, 5.41) is 2.50. The van der Waals surface area contributed by atoms with Gasteiger partial charge in [0.25, 0.3) is 0 Å². The van der Waals surface area contributed by atoms with Crippen LogP contribution in [0.5, 0.6) is 0 Å². The van der Waals surface area contributed by atoms with Crippen LogP contribution in [0.25, 0.3) is 0 Å². The van der Waals surface area contributed by atoms with Crippen LogP contribution in [0.3, 0.4) is 0 Å². The molecule has 1 atom stereocenters. The van der Waals surface area contributed by atoms with Crippen molar-refractivity contribution in [1.82, 2.24) is 5.32 Å². The summed E-state index contributed by atoms with van der Waals surface area (Å²) >= 11 is 4.61. The molecule has 0 bridgehead atoms. The minimum absolute atomic E-state index is 0.0579. The highest BCUT2D eigenvalue weighted by atomic mass is 79.9. The van der Waals surface area contributed by atoms with Crippen molar-refractivity contribution < 1.29 is 9.18 Å². The smallest absolute Gasteiger partial charge is 0.233 e. The highest BCUT2D eigenvalue weighted by Crippen LogP contribution is 2.22. The number of amides is 1. The van der Waals surface area contributed by atoms with Crippen LogP contribution < -0.4 is 5.32 Å². The molecule has 0 saturated carbocycles. The molecule has 1 amide bonds. The molecule has 0 aliphatic rings. The molecule has 1 N–H and O–H groups in total. The predicted molar refractivity (Wildman–Crippen MR) is 78.1 cm³/mol. The number of thioether (sulfide) groups is 1. The van der Waals surface area contributed by atoms with Gasteiger partial charge >= 0.3 is 0 Å². The van der Waals surface area contributed by atoms with Crippen molar-refractivity contribution >= 4 is 33.6 Å². The molecular weight excluding hydrogens is 317 g/mol. The van der Waals surface area contributed by atoms with E-state index >= 15 is 0 Å². The number of rotatable bonds is 6. The zero-order valence-electron chi connectivity index (χ0n) is 10.1. The largest absolute Gasteiger partial charge is 0.352 e. The van der Waals surface area contributed by atoms with Gasteiger partial charge in [-0.2, -0.15) is 0 Å². The van der Waals surface area contributed by atoms with Crippen LogP contribution in [0, 0.1) is 5.82 Å². The highest BCUT2D eigenvalue weighted by Gasteiger charge is 2.13. The maximum atomic E-state index is 13.5. The van der Waals surface area contributed by atoms with Crippen molar-refractivity contribution in [3.63, 3.8) is 0 Å². The molecule has 98 valence electrons. The fraction of sp³-hybridized carbons (Fsp3) is 0.308. The fourth-order valence-electron chi connectivity index (χ4n) is 1.25. The van der Waals surface area contributed by atoms with Gasteiger partial charge < -0.3 is 5.32 Å². The molecule has 5 heteroatoms. The normalized spacial score (nSPS) is 11.9. The van der Waals surface area contributed by atoms with Gasteiger partial charge in [-0.15, -0.1) is 18.3 Å². The van der Waals surface area contributed by atoms with E-state index < -0.39 is 0 Å². The summed E-state index contributed by atoms with van der Waals surface area (Å²) in [5.41, 5.74) is 0.603. The van der Waals surface area contributed by atoms with Gasteiger partial charge in [-0.05, 0) is 24.6 Å². The third-order valence-electron chi connectivity index (χ3n) is 2.29. The second kappa shape index (κ2) is 7.59. The number of carbonyl (C=O) groups excluding carboxylic acids is 1. The summed E-state index contributed by atoms with van der Waals surface area (Å²) in [7, 11) is 0. The molecule has 0 aliphatic heterocycles. The first kappa shape index (κ1) is 15.2. The summed E-state index contributed by atoms with van der Waals surface area (Å²) in [6.07, 6.45) is 1.63. The Kier molecular flexibility index (Phi) is 6.43. The first-order valence-electron chi connectivity index (χ1n) is 5.48. The van der Waals surface area contributed by atoms with Crippen molar-refractivity contribution in [3.05, 3.63) is 46.7 Å². The molecule has 0 radical (unpaired) electrons. The van der Waals surface area contributed by atoms with Crippen molar-refractivity contribution in [3.8, 4) is 0 Å². The minimum atomic E-state index is -0.254. The van der Waals surface area contributed by atoms with Gasteiger partial charge in [0, 0.05) is 16.8 Å². The SMILES string of the molecule is C=CCNC(=O)C(C)SCc1ccc(Br)cc1F. The van der Waals surface area contributed by atoms with Crippen LogP contribution in [-0.4, -0.2) is 17.7 Å². The molecule has 1 rings (SSSR count). The molecule has 0 saturated heterocycles. The number of hydrogen-bond donors (Lipinski definition) is 1. The van der Waals surface area contributed by atoms with E-state index in [0.29, 0.717) is 22.3 Å². The summed E-state index contributed by atoms with van der Waals surface area (Å²) in [6, 6.07) is 4.94. The van der Waals surface area contributed by atoms with E-state index in [-0.39, 0.29) is 17.0 Å². The van der Waals surface area contributed by atoms with Gasteiger partial charge in [0.05, 0.1) is 5.25 Å². The lowest BCUT2D eigenvalue weighted by Gasteiger charge is -2.11. The third-order valence-corrected chi connectivity index (χ3v) is 3.98. The molecule has 1 aromatic carbocycles. The number of carbonyl (C=O) groups is 1. The van der Waals surface area contributed by atoms with Crippen LogP contribution >= 0.6 is 27.7 Å². The molecule has 2 nitrogen and oxygen atoms in total. The van der Waals surface area contributed by atoms with Gasteiger partial charge in [0.15, 0.2) is 0 Å². The molecule has 18 heavy (non-hydrogen) atoms. The monoisotopic (exact) mass is 331 g/mol. The Morgan fingerprint density at radius 3 is 3.00 bits per heavy atom. The molecule has 1 aromatic rings. The number of halogens is 2. The lowest BCUT2D eigenvalue weighted by atomic mass is 10.2. The molecule has 0 fully saturated rings. The zero-order valence-corrected chi connectivity index (χ0v) is 12.5. The van der Waals surface area contributed by atoms with Crippen LogP contribution in [0.2, 0.25) is 0 Å². The summed E-state index contributed by atoms with van der Waals surface area (Å²) < 4.78 is 14.3. The van der Waals surface area contributed by atoms with Gasteiger partial charge in [0.1, 0.15) is 5.82 Å². The second-order valence-electron chi connectivity index (χ2n) is 3.72. The maximum Gasteiger partial charge on any atom is 0.233 e. The summed E-state index contributed by atoms with van der Waals surface area (Å²) in [5.74, 6) is 0.162. The van der Waals surface area contributed by atoms with Crippen LogP contribution in [0.4, 0.5) is 4.39 Å². The molecule has 0 aromatic heterocycles. The van der Waals surface area contributed by atoms with E-state index in [1.807, 2.05) is 0 Å². The van der Waals surface area contributed by atoms with Gasteiger partial charge in [-0.3, -0.25) is 4.79 Å². The second-order valence-corrected chi connectivity index (χ2v) is 5.97. The lowest BCUT2D eigenvalue weighted by Crippen LogP contribution is -2.30. The first-order valence-corrected chi connectivity index (χ1v) is 7.33. The Bertz CT molecular complexity index is 439. The van der Waals surface area contributed by atoms with Crippen LogP contribution in [-0.2, 0) is 10.5 Å². The zero-order chi connectivity index (χ0) is 13.5. The van der Waals surface area contributed by atoms with Gasteiger partial charge in [-0.25, -0.2) is 4.39 Å². The maximum absolute atomic E-state index is 13.5. The Morgan fingerprint density at radius 2 is 2.39 bits per heavy atom. The molecular formula is C13H15BrFNOS. The van der Waals surface area contributed by atoms with Gasteiger partial charge in [-0.1, -0.05) is 28.1 Å². The van der Waals surface area contributed by atoms with Gasteiger partial charge in [0.2, 0.25) is 5.91 Å². The Balaban J connectivity index is 2.49. The van der Waals surface area contributed by atoms with E-state index in [1.54, 1.807) is 25.1 Å². The van der Waals surface area contributed by atoms with Crippen molar-refractivity contribution in [2.45, 2.75) is 17.9 Å². The van der Waals surface area contributed by atoms with Crippen molar-refractivity contribution in [1.29, 1.82) is 0 Å². The van der Waals surface area contributed by atoms with Crippen molar-refractivity contribution in [2.24, 2.45) is 0 Å². The Hall–Kier alpha value is -0.810. The average molecular weight is 332 g/mol. The lowest BCUT2D eigenvalue weighted by molar-refractivity contribution is -0.120. The third kappa shape index (κ3) is 4.82. The predicted octanol–water partition coefficient (Wildman–Crippen LogP) is 3.51. The number of benzene rings is 1. The Morgan fingerprint density at radius 1 is 1.67 bits per heavy atom. The minimum Gasteiger partial charge on any atom is -0.352 e. The highest BCUT2D eigenvalue weighted by molar-refractivity contribution is 9.10. The number of hydrogen-bond acceptors (Lipinski definition) is 2. The van der Waals surface area contributed by atoms with E-state index in [0.717, 1.165) is 0 Å². The fourth-order valence-corrected chi connectivity index (χ4v) is 2.48. The first-order chi connectivity index (χ1) is 8.54. The van der Waals surface area contributed by atoms with Crippen molar-refractivity contribution in [2.75, 3.05) is 6.54 Å². The van der Waals surface area contributed by atoms with Crippen LogP contribution in [0.1, 0.15) is 12.5 Å². The standard InChI is InChI=1S/C13H15BrFNOS/c1-3-6-16-13(17)9(2)18-8-10-4-5-11(14)7-12(10)15/h3-5,7,9H,1,6,8H2,2H3,(H,16,17). The molecule has 0 heterocycles. The average Bonchev–Trinajstić information content (AvgIpc) is 2.34. The topological polar surface area (TPSA) is 29.1 Å². The molecule has 0 spiro atoms. The van der Waals surface area contributed by atoms with E-state index in [9.17, 15) is 9.18 Å². The quantitative estimate of drug-likeness (QED) is 0.808. The van der Waals surface area contributed by atoms with Crippen LogP contribution in [0.15, 0.2) is 35.3 Å². The molecule has 0 aliphatic carbocycles. The summed E-state index contributed by atoms with van der Waals surface area (Å²) in [4.78, 5) is 11.6. The van der Waals surface area contributed by atoms with E-state index in [4.69, 9.17) is 0 Å². The summed E-state index contributed by atoms with van der Waals surface area (Å²) in [6.45, 7) is 5.79. The molecule has 1 unspecified atom stereocenters. The van der Waals surface area contributed by atoms with E-state index in [2.05, 4.69) is 27.8 Å².